The molecule has 0 bridgehead atoms. The van der Waals surface area contributed by atoms with Gasteiger partial charge in [0.2, 0.25) is 11.8 Å². The zero-order chi connectivity index (χ0) is 20.8. The fourth-order valence-electron chi connectivity index (χ4n) is 3.19. The molecule has 0 unspecified atom stereocenters. The van der Waals surface area contributed by atoms with Gasteiger partial charge in [-0.1, -0.05) is 29.8 Å². The number of Topliss-reactive ketones (excluding diaryl/α,β-unsaturated/α-hetero) is 1. The predicted octanol–water partition coefficient (Wildman–Crippen LogP) is 3.32. The Morgan fingerprint density at radius 1 is 0.893 bits per heavy atom. The van der Waals surface area contributed by atoms with Crippen molar-refractivity contribution in [3.8, 4) is 0 Å². The highest BCUT2D eigenvalue weighted by Crippen LogP contribution is 2.21. The molecule has 0 heterocycles. The van der Waals surface area contributed by atoms with E-state index in [2.05, 4.69) is 10.6 Å². The highest BCUT2D eigenvalue weighted by molar-refractivity contribution is 6.04. The highest BCUT2D eigenvalue weighted by atomic mass is 16.2. The summed E-state index contributed by atoms with van der Waals surface area (Å²) in [5.74, 6) is -0.589. The van der Waals surface area contributed by atoms with E-state index in [1.807, 2.05) is 32.9 Å². The zero-order valence-corrected chi connectivity index (χ0v) is 17.1. The van der Waals surface area contributed by atoms with Crippen molar-refractivity contribution < 1.29 is 14.4 Å². The molecule has 0 radical (unpaired) electrons. The van der Waals surface area contributed by atoms with Gasteiger partial charge in [-0.05, 0) is 58.0 Å². The maximum absolute atomic E-state index is 12.4. The van der Waals surface area contributed by atoms with Crippen molar-refractivity contribution >= 4 is 29.0 Å². The van der Waals surface area contributed by atoms with Crippen molar-refractivity contribution in [1.82, 2.24) is 4.90 Å². The number of carbonyl (C=O) groups is 3. The van der Waals surface area contributed by atoms with Crippen LogP contribution in [0.5, 0.6) is 0 Å². The van der Waals surface area contributed by atoms with Crippen molar-refractivity contribution in [2.75, 3.05) is 30.8 Å². The Kier molecular flexibility index (Phi) is 7.06. The Balaban J connectivity index is 1.93. The molecule has 2 N–H and O–H groups in total. The minimum absolute atomic E-state index is 0.0333. The normalized spacial score (nSPS) is 10.6. The minimum Gasteiger partial charge on any atom is -0.324 e. The molecule has 0 fully saturated rings. The summed E-state index contributed by atoms with van der Waals surface area (Å²) in [7, 11) is 1.70. The number of amides is 2. The van der Waals surface area contributed by atoms with Gasteiger partial charge in [0.25, 0.3) is 0 Å². The molecular formula is C22H27N3O3. The lowest BCUT2D eigenvalue weighted by molar-refractivity contribution is -0.119. The van der Waals surface area contributed by atoms with E-state index in [0.29, 0.717) is 11.3 Å². The molecule has 0 aromatic heterocycles. The number of para-hydroxylation sites is 1. The second-order valence-electron chi connectivity index (χ2n) is 7.14. The molecule has 2 rings (SSSR count). The van der Waals surface area contributed by atoms with Crippen LogP contribution in [0.4, 0.5) is 11.4 Å². The molecule has 2 aromatic carbocycles. The lowest BCUT2D eigenvalue weighted by Gasteiger charge is -2.18. The van der Waals surface area contributed by atoms with Crippen LogP contribution in [0.1, 0.15) is 34.0 Å². The van der Waals surface area contributed by atoms with Crippen molar-refractivity contribution in [2.45, 2.75) is 27.7 Å². The fraction of sp³-hybridized carbons (Fsp3) is 0.318. The number of likely N-dealkylation sites (N-methyl/N-ethyl adjacent to an activating group) is 1. The van der Waals surface area contributed by atoms with Gasteiger partial charge in [0, 0.05) is 11.3 Å². The van der Waals surface area contributed by atoms with Gasteiger partial charge in [0.1, 0.15) is 0 Å². The summed E-state index contributed by atoms with van der Waals surface area (Å²) in [5, 5.41) is 5.66. The number of nitrogens with zero attached hydrogens (tertiary/aromatic N) is 1. The standard InChI is InChI=1S/C22H27N3O3/c1-14-10-15(2)22(16(3)11-14)24-21(28)13-25(5)12-20(27)23-19-9-7-6-8-18(19)17(4)26/h6-11H,12-13H2,1-5H3,(H,23,27)(H,24,28). The smallest absolute Gasteiger partial charge is 0.238 e. The van der Waals surface area contributed by atoms with Crippen LogP contribution in [0.3, 0.4) is 0 Å². The third kappa shape index (κ3) is 5.76. The van der Waals surface area contributed by atoms with Crippen molar-refractivity contribution in [3.63, 3.8) is 0 Å². The van der Waals surface area contributed by atoms with E-state index in [-0.39, 0.29) is 30.7 Å². The SMILES string of the molecule is CC(=O)c1ccccc1NC(=O)CN(C)CC(=O)Nc1c(C)cc(C)cc1C. The first-order valence-electron chi connectivity index (χ1n) is 9.13. The summed E-state index contributed by atoms with van der Waals surface area (Å²) < 4.78 is 0. The van der Waals surface area contributed by atoms with Crippen LogP contribution in [0.2, 0.25) is 0 Å². The minimum atomic E-state index is -0.285. The van der Waals surface area contributed by atoms with Gasteiger partial charge in [-0.2, -0.15) is 0 Å². The zero-order valence-electron chi connectivity index (χ0n) is 17.1. The number of hydrogen-bond acceptors (Lipinski definition) is 4. The van der Waals surface area contributed by atoms with E-state index in [0.717, 1.165) is 22.4 Å². The first-order valence-corrected chi connectivity index (χ1v) is 9.13. The monoisotopic (exact) mass is 381 g/mol. The Morgan fingerprint density at radius 2 is 1.43 bits per heavy atom. The van der Waals surface area contributed by atoms with E-state index in [9.17, 15) is 14.4 Å². The number of carbonyl (C=O) groups excluding carboxylic acids is 3. The summed E-state index contributed by atoms with van der Waals surface area (Å²) in [6, 6.07) is 10.9. The molecule has 0 aliphatic rings. The maximum Gasteiger partial charge on any atom is 0.238 e. The Hall–Kier alpha value is -2.99. The molecule has 2 amide bonds. The quantitative estimate of drug-likeness (QED) is 0.721. The van der Waals surface area contributed by atoms with Gasteiger partial charge in [-0.3, -0.25) is 19.3 Å². The van der Waals surface area contributed by atoms with Gasteiger partial charge >= 0.3 is 0 Å². The average molecular weight is 381 g/mol. The van der Waals surface area contributed by atoms with Crippen molar-refractivity contribution in [1.29, 1.82) is 0 Å². The molecule has 148 valence electrons. The summed E-state index contributed by atoms with van der Waals surface area (Å²) in [4.78, 5) is 37.9. The second-order valence-corrected chi connectivity index (χ2v) is 7.14. The largest absolute Gasteiger partial charge is 0.324 e. The fourth-order valence-corrected chi connectivity index (χ4v) is 3.19. The average Bonchev–Trinajstić information content (AvgIpc) is 2.58. The number of hydrogen-bond donors (Lipinski definition) is 2. The van der Waals surface area contributed by atoms with Crippen LogP contribution in [-0.4, -0.2) is 42.6 Å². The van der Waals surface area contributed by atoms with Crippen LogP contribution in [0.25, 0.3) is 0 Å². The van der Waals surface area contributed by atoms with Gasteiger partial charge in [0.05, 0.1) is 18.8 Å². The Morgan fingerprint density at radius 3 is 2.00 bits per heavy atom. The lowest BCUT2D eigenvalue weighted by Crippen LogP contribution is -2.36. The van der Waals surface area contributed by atoms with Crippen LogP contribution < -0.4 is 10.6 Å². The molecular weight excluding hydrogens is 354 g/mol. The molecule has 6 nitrogen and oxygen atoms in total. The third-order valence-corrected chi connectivity index (χ3v) is 4.35. The van der Waals surface area contributed by atoms with E-state index in [1.54, 1.807) is 36.2 Å². The molecule has 0 saturated carbocycles. The van der Waals surface area contributed by atoms with E-state index < -0.39 is 0 Å². The molecule has 0 aliphatic heterocycles. The summed E-state index contributed by atoms with van der Waals surface area (Å²) in [6.45, 7) is 7.50. The summed E-state index contributed by atoms with van der Waals surface area (Å²) in [5.41, 5.74) is 4.90. The van der Waals surface area contributed by atoms with Gasteiger partial charge in [-0.25, -0.2) is 0 Å². The number of nitrogens with one attached hydrogen (secondary N) is 2. The third-order valence-electron chi connectivity index (χ3n) is 4.35. The number of aryl methyl sites for hydroxylation is 3. The first kappa shape index (κ1) is 21.3. The molecule has 0 spiro atoms. The first-order chi connectivity index (χ1) is 13.2. The van der Waals surface area contributed by atoms with Gasteiger partial charge < -0.3 is 10.6 Å². The van der Waals surface area contributed by atoms with Crippen LogP contribution in [0, 0.1) is 20.8 Å². The van der Waals surface area contributed by atoms with Gasteiger partial charge in [-0.15, -0.1) is 0 Å². The predicted molar refractivity (Wildman–Crippen MR) is 112 cm³/mol. The number of benzene rings is 2. The van der Waals surface area contributed by atoms with Crippen LogP contribution in [-0.2, 0) is 9.59 Å². The molecule has 0 saturated heterocycles. The van der Waals surface area contributed by atoms with Crippen molar-refractivity contribution in [2.24, 2.45) is 0 Å². The van der Waals surface area contributed by atoms with Crippen molar-refractivity contribution in [3.05, 3.63) is 58.7 Å². The van der Waals surface area contributed by atoms with Gasteiger partial charge in [0.15, 0.2) is 5.78 Å². The molecule has 2 aromatic rings. The Labute approximate surface area is 165 Å². The number of rotatable bonds is 7. The topological polar surface area (TPSA) is 78.5 Å². The molecule has 0 aliphatic carbocycles. The van der Waals surface area contributed by atoms with E-state index >= 15 is 0 Å². The van der Waals surface area contributed by atoms with E-state index in [4.69, 9.17) is 0 Å². The molecule has 6 heteroatoms. The summed E-state index contributed by atoms with van der Waals surface area (Å²) >= 11 is 0. The molecule has 28 heavy (non-hydrogen) atoms. The van der Waals surface area contributed by atoms with Crippen LogP contribution >= 0.6 is 0 Å². The van der Waals surface area contributed by atoms with E-state index in [1.165, 1.54) is 6.92 Å². The lowest BCUT2D eigenvalue weighted by atomic mass is 10.1. The summed E-state index contributed by atoms with van der Waals surface area (Å²) in [6.07, 6.45) is 0. The second kappa shape index (κ2) is 9.28. The molecule has 0 atom stereocenters. The number of ketones is 1. The van der Waals surface area contributed by atoms with Crippen LogP contribution in [0.15, 0.2) is 36.4 Å². The number of anilines is 2. The Bertz CT molecular complexity index is 883. The highest BCUT2D eigenvalue weighted by Gasteiger charge is 2.15. The maximum atomic E-state index is 12.4.